The molecule has 0 radical (unpaired) electrons. The van der Waals surface area contributed by atoms with Crippen LogP contribution in [-0.2, 0) is 14.8 Å². The zero-order valence-corrected chi connectivity index (χ0v) is 14.0. The van der Waals surface area contributed by atoms with Gasteiger partial charge in [-0.15, -0.1) is 0 Å². The second kappa shape index (κ2) is 7.59. The number of alkyl halides is 1. The Morgan fingerprint density at radius 1 is 1.28 bits per heavy atom. The van der Waals surface area contributed by atoms with Crippen molar-refractivity contribution in [3.63, 3.8) is 0 Å². The normalized spacial score (nSPS) is 12.0. The van der Waals surface area contributed by atoms with Gasteiger partial charge in [0.25, 0.3) is 0 Å². The Kier molecular flexibility index (Phi) is 6.79. The molecule has 1 aromatic rings. The maximum Gasteiger partial charge on any atom is 0.244 e. The van der Waals surface area contributed by atoms with E-state index in [-0.39, 0.29) is 4.90 Å². The van der Waals surface area contributed by atoms with Crippen molar-refractivity contribution < 1.29 is 13.2 Å². The molecule has 0 heterocycles. The fourth-order valence-electron chi connectivity index (χ4n) is 1.43. The second-order valence-electron chi connectivity index (χ2n) is 3.52. The lowest BCUT2D eigenvalue weighted by molar-refractivity contribution is 0.180. The summed E-state index contributed by atoms with van der Waals surface area (Å²) in [6.07, 6.45) is 0. The summed E-state index contributed by atoms with van der Waals surface area (Å²) in [5.41, 5.74) is 0. The topological polar surface area (TPSA) is 46.6 Å². The van der Waals surface area contributed by atoms with Gasteiger partial charge in [0.05, 0.1) is 11.5 Å². The van der Waals surface area contributed by atoms with Crippen LogP contribution in [0.3, 0.4) is 0 Å². The summed E-state index contributed by atoms with van der Waals surface area (Å²) in [4.78, 5) is 0.280. The van der Waals surface area contributed by atoms with E-state index in [4.69, 9.17) is 4.74 Å². The van der Waals surface area contributed by atoms with E-state index in [9.17, 15) is 8.42 Å². The van der Waals surface area contributed by atoms with Crippen molar-refractivity contribution in [3.8, 4) is 0 Å². The number of sulfonamides is 1. The quantitative estimate of drug-likeness (QED) is 0.660. The summed E-state index contributed by atoms with van der Waals surface area (Å²) < 4.78 is 31.9. The van der Waals surface area contributed by atoms with Crippen LogP contribution >= 0.6 is 31.9 Å². The molecule has 0 saturated heterocycles. The number of rotatable bonds is 7. The number of halogens is 2. The lowest BCUT2D eigenvalue weighted by Gasteiger charge is -2.21. The fourth-order valence-corrected chi connectivity index (χ4v) is 4.48. The molecule has 18 heavy (non-hydrogen) atoms. The smallest absolute Gasteiger partial charge is 0.244 e. The summed E-state index contributed by atoms with van der Waals surface area (Å²) in [7, 11) is -1.94. The summed E-state index contributed by atoms with van der Waals surface area (Å²) in [5.74, 6) is 0. The minimum atomic E-state index is -3.49. The minimum Gasteiger partial charge on any atom is -0.383 e. The maximum absolute atomic E-state index is 12.5. The molecule has 4 nitrogen and oxygen atoms in total. The third-order valence-electron chi connectivity index (χ3n) is 2.33. The summed E-state index contributed by atoms with van der Waals surface area (Å²) in [6.45, 7) is 1.12. The van der Waals surface area contributed by atoms with E-state index in [1.807, 2.05) is 0 Å². The van der Waals surface area contributed by atoms with Crippen LogP contribution in [0.1, 0.15) is 0 Å². The van der Waals surface area contributed by atoms with Crippen molar-refractivity contribution >= 4 is 41.9 Å². The van der Waals surface area contributed by atoms with Crippen molar-refractivity contribution in [3.05, 3.63) is 28.7 Å². The summed E-state index contributed by atoms with van der Waals surface area (Å²) in [5, 5.41) is 0.584. The number of ether oxygens (including phenoxy) is 1. The highest BCUT2D eigenvalue weighted by Gasteiger charge is 2.25. The Balaban J connectivity index is 3.05. The van der Waals surface area contributed by atoms with Crippen LogP contribution in [0.25, 0.3) is 0 Å². The van der Waals surface area contributed by atoms with Crippen LogP contribution in [0, 0.1) is 0 Å². The van der Waals surface area contributed by atoms with Crippen LogP contribution in [-0.4, -0.2) is 44.9 Å². The molecule has 102 valence electrons. The van der Waals surface area contributed by atoms with Gasteiger partial charge in [0.1, 0.15) is 0 Å². The molecule has 0 aliphatic heterocycles. The third-order valence-corrected chi connectivity index (χ3v) is 5.60. The maximum atomic E-state index is 12.5. The summed E-state index contributed by atoms with van der Waals surface area (Å²) in [6, 6.07) is 6.80. The summed E-state index contributed by atoms with van der Waals surface area (Å²) >= 11 is 6.54. The highest BCUT2D eigenvalue weighted by molar-refractivity contribution is 9.10. The van der Waals surface area contributed by atoms with Gasteiger partial charge < -0.3 is 4.74 Å². The van der Waals surface area contributed by atoms with Crippen molar-refractivity contribution in [2.75, 3.05) is 32.1 Å². The minimum absolute atomic E-state index is 0.280. The van der Waals surface area contributed by atoms with Gasteiger partial charge in [-0.1, -0.05) is 28.1 Å². The van der Waals surface area contributed by atoms with Gasteiger partial charge in [0.2, 0.25) is 10.0 Å². The highest BCUT2D eigenvalue weighted by atomic mass is 79.9. The standard InChI is InChI=1S/C11H15Br2NO3S/c1-17-9-8-14(7-6-12)18(15,16)11-5-3-2-4-10(11)13/h2-5H,6-9H2,1H3. The molecule has 0 aliphatic carbocycles. The molecular weight excluding hydrogens is 386 g/mol. The largest absolute Gasteiger partial charge is 0.383 e. The predicted molar refractivity (Wildman–Crippen MR) is 78.6 cm³/mol. The second-order valence-corrected chi connectivity index (χ2v) is 7.07. The van der Waals surface area contributed by atoms with E-state index in [1.165, 1.54) is 4.31 Å². The molecule has 0 saturated carbocycles. The van der Waals surface area contributed by atoms with Crippen LogP contribution in [0.15, 0.2) is 33.6 Å². The van der Waals surface area contributed by atoms with Crippen molar-refractivity contribution in [2.24, 2.45) is 0 Å². The average molecular weight is 401 g/mol. The van der Waals surface area contributed by atoms with E-state index in [0.717, 1.165) is 0 Å². The molecule has 0 amide bonds. The first-order chi connectivity index (χ1) is 8.54. The first kappa shape index (κ1) is 16.1. The van der Waals surface area contributed by atoms with Gasteiger partial charge in [-0.25, -0.2) is 8.42 Å². The van der Waals surface area contributed by atoms with Crippen molar-refractivity contribution in [1.29, 1.82) is 0 Å². The Morgan fingerprint density at radius 3 is 2.50 bits per heavy atom. The first-order valence-corrected chi connectivity index (χ1v) is 8.69. The van der Waals surface area contributed by atoms with Gasteiger partial charge in [-0.05, 0) is 28.1 Å². The zero-order valence-electron chi connectivity index (χ0n) is 9.97. The van der Waals surface area contributed by atoms with Gasteiger partial charge in [0.15, 0.2) is 0 Å². The molecule has 0 spiro atoms. The molecule has 7 heteroatoms. The van der Waals surface area contributed by atoms with E-state index in [0.29, 0.717) is 29.5 Å². The monoisotopic (exact) mass is 399 g/mol. The van der Waals surface area contributed by atoms with E-state index >= 15 is 0 Å². The lowest BCUT2D eigenvalue weighted by Crippen LogP contribution is -2.35. The van der Waals surface area contributed by atoms with Gasteiger partial charge in [-0.3, -0.25) is 0 Å². The van der Waals surface area contributed by atoms with Crippen molar-refractivity contribution in [2.45, 2.75) is 4.90 Å². The first-order valence-electron chi connectivity index (χ1n) is 5.33. The average Bonchev–Trinajstić information content (AvgIpc) is 2.34. The Bertz CT molecular complexity index is 479. The van der Waals surface area contributed by atoms with Gasteiger partial charge >= 0.3 is 0 Å². The SMILES string of the molecule is COCCN(CCBr)S(=O)(=O)c1ccccc1Br. The molecule has 1 rings (SSSR count). The molecule has 0 atom stereocenters. The lowest BCUT2D eigenvalue weighted by atomic mass is 10.4. The number of nitrogens with zero attached hydrogens (tertiary/aromatic N) is 1. The predicted octanol–water partition coefficient (Wildman–Crippen LogP) is 2.48. The zero-order chi connectivity index (χ0) is 13.6. The van der Waals surface area contributed by atoms with Crippen LogP contribution < -0.4 is 0 Å². The molecular formula is C11H15Br2NO3S. The number of benzene rings is 1. The number of methoxy groups -OCH3 is 1. The van der Waals surface area contributed by atoms with E-state index in [2.05, 4.69) is 31.9 Å². The van der Waals surface area contributed by atoms with Gasteiger partial charge in [-0.2, -0.15) is 4.31 Å². The molecule has 0 fully saturated rings. The van der Waals surface area contributed by atoms with Crippen molar-refractivity contribution in [1.82, 2.24) is 4.31 Å². The molecule has 0 bridgehead atoms. The molecule has 1 aromatic carbocycles. The Hall–Kier alpha value is 0.0500. The molecule has 0 aromatic heterocycles. The van der Waals surface area contributed by atoms with Crippen LogP contribution in [0.5, 0.6) is 0 Å². The van der Waals surface area contributed by atoms with Gasteiger partial charge in [0, 0.05) is 30.0 Å². The number of hydrogen-bond donors (Lipinski definition) is 0. The molecule has 0 unspecified atom stereocenters. The van der Waals surface area contributed by atoms with Crippen LogP contribution in [0.4, 0.5) is 0 Å². The Labute approximate surface area is 125 Å². The number of hydrogen-bond acceptors (Lipinski definition) is 3. The van der Waals surface area contributed by atoms with Crippen LogP contribution in [0.2, 0.25) is 0 Å². The highest BCUT2D eigenvalue weighted by Crippen LogP contribution is 2.24. The molecule has 0 aliphatic rings. The van der Waals surface area contributed by atoms with E-state index in [1.54, 1.807) is 31.4 Å². The Morgan fingerprint density at radius 2 is 1.94 bits per heavy atom. The fraction of sp³-hybridized carbons (Fsp3) is 0.455. The van der Waals surface area contributed by atoms with E-state index < -0.39 is 10.0 Å². The third kappa shape index (κ3) is 4.03. The molecule has 0 N–H and O–H groups in total.